The van der Waals surface area contributed by atoms with E-state index < -0.39 is 0 Å². The summed E-state index contributed by atoms with van der Waals surface area (Å²) in [4.78, 5) is 16.0. The van der Waals surface area contributed by atoms with Gasteiger partial charge in [-0.25, -0.2) is 0 Å². The summed E-state index contributed by atoms with van der Waals surface area (Å²) in [5.74, 6) is 0.732. The molecule has 0 atom stereocenters. The third-order valence-electron chi connectivity index (χ3n) is 2.63. The summed E-state index contributed by atoms with van der Waals surface area (Å²) >= 11 is 0. The van der Waals surface area contributed by atoms with E-state index in [9.17, 15) is 4.79 Å². The number of carbonyl (C=O) groups is 1. The van der Waals surface area contributed by atoms with E-state index in [0.717, 1.165) is 0 Å². The molecule has 2 aromatic rings. The molecule has 1 aromatic carbocycles. The molecule has 106 valence electrons. The predicted octanol–water partition coefficient (Wildman–Crippen LogP) is 1.02. The second-order valence-corrected chi connectivity index (χ2v) is 4.01. The highest BCUT2D eigenvalue weighted by molar-refractivity contribution is 6.01. The Kier molecular flexibility index (Phi) is 4.54. The topological polar surface area (TPSA) is 103 Å². The average Bonchev–Trinajstić information content (AvgIpc) is 2.92. The van der Waals surface area contributed by atoms with Crippen molar-refractivity contribution in [3.05, 3.63) is 36.0 Å². The molecule has 1 amide bonds. The zero-order chi connectivity index (χ0) is 14.4. The number of hydrogen-bond donors (Lipinski definition) is 2. The van der Waals surface area contributed by atoms with Gasteiger partial charge in [-0.05, 0) is 19.1 Å². The van der Waals surface area contributed by atoms with Gasteiger partial charge in [0.25, 0.3) is 5.91 Å². The maximum atomic E-state index is 12.2. The lowest BCUT2D eigenvalue weighted by Gasteiger charge is -2.12. The lowest BCUT2D eigenvalue weighted by atomic mass is 10.1. The number of amides is 1. The number of ether oxygens (including phenoxy) is 1. The fourth-order valence-corrected chi connectivity index (χ4v) is 1.75. The largest absolute Gasteiger partial charge is 0.493 e. The maximum Gasteiger partial charge on any atom is 0.257 e. The first kappa shape index (κ1) is 13.9. The number of benzene rings is 1. The molecule has 0 spiro atoms. The van der Waals surface area contributed by atoms with E-state index in [1.165, 1.54) is 6.39 Å². The lowest BCUT2D eigenvalue weighted by molar-refractivity contribution is 0.0951. The Balaban J connectivity index is 2.01. The van der Waals surface area contributed by atoms with Gasteiger partial charge in [-0.15, -0.1) is 0 Å². The molecule has 0 unspecified atom stereocenters. The van der Waals surface area contributed by atoms with E-state index in [-0.39, 0.29) is 5.91 Å². The maximum absolute atomic E-state index is 12.2. The summed E-state index contributed by atoms with van der Waals surface area (Å²) in [6.45, 7) is 2.70. The third kappa shape index (κ3) is 3.25. The van der Waals surface area contributed by atoms with E-state index in [1.54, 1.807) is 18.2 Å². The van der Waals surface area contributed by atoms with Crippen LogP contribution in [0.3, 0.4) is 0 Å². The van der Waals surface area contributed by atoms with Gasteiger partial charge in [0.2, 0.25) is 6.39 Å². The molecule has 0 aliphatic heterocycles. The van der Waals surface area contributed by atoms with Crippen LogP contribution in [0.4, 0.5) is 5.69 Å². The molecule has 0 saturated heterocycles. The molecule has 7 nitrogen and oxygen atoms in total. The minimum Gasteiger partial charge on any atom is -0.493 e. The second-order valence-electron chi connectivity index (χ2n) is 4.01. The van der Waals surface area contributed by atoms with Crippen molar-refractivity contribution in [2.45, 2.75) is 13.3 Å². The number of aromatic nitrogens is 2. The van der Waals surface area contributed by atoms with Gasteiger partial charge in [-0.2, -0.15) is 4.98 Å². The molecule has 0 radical (unpaired) electrons. The van der Waals surface area contributed by atoms with Crippen molar-refractivity contribution in [3.8, 4) is 5.75 Å². The number of anilines is 1. The van der Waals surface area contributed by atoms with Gasteiger partial charge < -0.3 is 20.3 Å². The molecule has 7 heteroatoms. The summed E-state index contributed by atoms with van der Waals surface area (Å²) in [5, 5.41) is 6.42. The van der Waals surface area contributed by atoms with Crippen LogP contribution >= 0.6 is 0 Å². The Bertz CT molecular complexity index is 569. The van der Waals surface area contributed by atoms with Crippen molar-refractivity contribution in [2.24, 2.45) is 0 Å². The highest BCUT2D eigenvalue weighted by atomic mass is 16.5. The molecule has 0 aliphatic rings. The monoisotopic (exact) mass is 276 g/mol. The molecule has 1 aromatic heterocycles. The zero-order valence-corrected chi connectivity index (χ0v) is 11.1. The van der Waals surface area contributed by atoms with Crippen LogP contribution in [0.25, 0.3) is 0 Å². The van der Waals surface area contributed by atoms with E-state index in [1.807, 2.05) is 6.92 Å². The Morgan fingerprint density at radius 2 is 2.35 bits per heavy atom. The first-order chi connectivity index (χ1) is 9.72. The summed E-state index contributed by atoms with van der Waals surface area (Å²) in [6, 6.07) is 5.13. The van der Waals surface area contributed by atoms with Gasteiger partial charge in [-0.3, -0.25) is 4.79 Å². The number of nitrogens with two attached hydrogens (primary N) is 1. The minimum absolute atomic E-state index is 0.282. The first-order valence-electron chi connectivity index (χ1n) is 6.27. The molecule has 2 rings (SSSR count). The van der Waals surface area contributed by atoms with Crippen molar-refractivity contribution in [2.75, 3.05) is 18.9 Å². The van der Waals surface area contributed by atoms with Gasteiger partial charge in [0.15, 0.2) is 5.82 Å². The fraction of sp³-hybridized carbons (Fsp3) is 0.308. The van der Waals surface area contributed by atoms with E-state index >= 15 is 0 Å². The number of carbonyl (C=O) groups excluding carboxylic acids is 1. The van der Waals surface area contributed by atoms with Gasteiger partial charge in [0.1, 0.15) is 11.3 Å². The van der Waals surface area contributed by atoms with Crippen LogP contribution in [-0.4, -0.2) is 29.2 Å². The van der Waals surface area contributed by atoms with Gasteiger partial charge in [0.05, 0.1) is 6.61 Å². The summed E-state index contributed by atoms with van der Waals surface area (Å²) in [7, 11) is 0. The number of hydrogen-bond acceptors (Lipinski definition) is 6. The Morgan fingerprint density at radius 1 is 1.50 bits per heavy atom. The Morgan fingerprint density at radius 3 is 3.05 bits per heavy atom. The van der Waals surface area contributed by atoms with Gasteiger partial charge in [-0.1, -0.05) is 11.2 Å². The van der Waals surface area contributed by atoms with Gasteiger partial charge >= 0.3 is 0 Å². The highest BCUT2D eigenvalue weighted by Crippen LogP contribution is 2.24. The highest BCUT2D eigenvalue weighted by Gasteiger charge is 2.15. The quantitative estimate of drug-likeness (QED) is 0.763. The number of rotatable bonds is 6. The normalized spacial score (nSPS) is 10.2. The molecule has 3 N–H and O–H groups in total. The van der Waals surface area contributed by atoms with E-state index in [0.29, 0.717) is 42.4 Å². The summed E-state index contributed by atoms with van der Waals surface area (Å²) in [6.07, 6.45) is 1.73. The van der Waals surface area contributed by atoms with Crippen LogP contribution in [0.2, 0.25) is 0 Å². The lowest BCUT2D eigenvalue weighted by Crippen LogP contribution is -2.27. The Labute approximate surface area is 116 Å². The molecular formula is C13H16N4O3. The van der Waals surface area contributed by atoms with Crippen molar-refractivity contribution >= 4 is 11.6 Å². The summed E-state index contributed by atoms with van der Waals surface area (Å²) in [5.41, 5.74) is 6.57. The standard InChI is InChI=1S/C13H16N4O3/c1-2-19-10-5-3-4-9(14)12(10)13(18)15-7-6-11-16-8-20-17-11/h3-5,8H,2,6-7,14H2,1H3,(H,15,18). The molecule has 0 bridgehead atoms. The fourth-order valence-electron chi connectivity index (χ4n) is 1.75. The van der Waals surface area contributed by atoms with Crippen molar-refractivity contribution in [1.29, 1.82) is 0 Å². The second kappa shape index (κ2) is 6.55. The average molecular weight is 276 g/mol. The van der Waals surface area contributed by atoms with Crippen LogP contribution in [0.1, 0.15) is 23.1 Å². The van der Waals surface area contributed by atoms with Crippen LogP contribution in [-0.2, 0) is 6.42 Å². The molecular weight excluding hydrogens is 260 g/mol. The van der Waals surface area contributed by atoms with Crippen LogP contribution in [0.15, 0.2) is 29.1 Å². The van der Waals surface area contributed by atoms with E-state index in [4.69, 9.17) is 10.5 Å². The Hall–Kier alpha value is -2.57. The van der Waals surface area contributed by atoms with Crippen LogP contribution in [0, 0.1) is 0 Å². The van der Waals surface area contributed by atoms with E-state index in [2.05, 4.69) is 20.0 Å². The molecule has 20 heavy (non-hydrogen) atoms. The molecule has 1 heterocycles. The third-order valence-corrected chi connectivity index (χ3v) is 2.63. The van der Waals surface area contributed by atoms with Crippen LogP contribution in [0.5, 0.6) is 5.75 Å². The smallest absolute Gasteiger partial charge is 0.257 e. The summed E-state index contributed by atoms with van der Waals surface area (Å²) < 4.78 is 10.0. The minimum atomic E-state index is -0.282. The van der Waals surface area contributed by atoms with Crippen molar-refractivity contribution in [1.82, 2.24) is 15.5 Å². The first-order valence-corrected chi connectivity index (χ1v) is 6.27. The molecule has 0 fully saturated rings. The van der Waals surface area contributed by atoms with Crippen LogP contribution < -0.4 is 15.8 Å². The number of nitrogen functional groups attached to an aromatic ring is 1. The SMILES string of the molecule is CCOc1cccc(N)c1C(=O)NCCc1ncon1. The predicted molar refractivity (Wildman–Crippen MR) is 72.4 cm³/mol. The van der Waals surface area contributed by atoms with Gasteiger partial charge in [0, 0.05) is 18.7 Å². The number of nitrogens with zero attached hydrogens (tertiary/aromatic N) is 2. The van der Waals surface area contributed by atoms with Crippen molar-refractivity contribution < 1.29 is 14.1 Å². The molecule has 0 aliphatic carbocycles. The zero-order valence-electron chi connectivity index (χ0n) is 11.1. The molecule has 0 saturated carbocycles. The van der Waals surface area contributed by atoms with Crippen molar-refractivity contribution in [3.63, 3.8) is 0 Å². The number of nitrogens with one attached hydrogen (secondary N) is 1.